The fourth-order valence-electron chi connectivity index (χ4n) is 1.57. The molecule has 2 rings (SSSR count). The van der Waals surface area contributed by atoms with Crippen LogP contribution in [0.2, 0.25) is 0 Å². The smallest absolute Gasteiger partial charge is 0.220 e. The van der Waals surface area contributed by atoms with Crippen molar-refractivity contribution in [2.45, 2.75) is 25.8 Å². The Bertz CT molecular complexity index is 495. The molecule has 0 aliphatic rings. The molecule has 0 aromatic carbocycles. The lowest BCUT2D eigenvalue weighted by Crippen LogP contribution is -2.22. The third-order valence-electron chi connectivity index (χ3n) is 2.49. The number of rotatable bonds is 6. The summed E-state index contributed by atoms with van der Waals surface area (Å²) < 4.78 is 1.14. The van der Waals surface area contributed by atoms with Crippen LogP contribution in [0.25, 0.3) is 0 Å². The molecule has 0 atom stereocenters. The van der Waals surface area contributed by atoms with Gasteiger partial charge in [-0.05, 0) is 47.0 Å². The van der Waals surface area contributed by atoms with Crippen LogP contribution in [0.1, 0.15) is 23.4 Å². The maximum atomic E-state index is 11.6. The number of carbonyl (C=O) groups is 1. The van der Waals surface area contributed by atoms with Crippen molar-refractivity contribution in [1.82, 2.24) is 15.5 Å². The molecule has 4 nitrogen and oxygen atoms in total. The van der Waals surface area contributed by atoms with Gasteiger partial charge in [0.15, 0.2) is 0 Å². The second-order valence-electron chi connectivity index (χ2n) is 3.92. The summed E-state index contributed by atoms with van der Waals surface area (Å²) in [5.74, 6) is 0.0835. The normalized spacial score (nSPS) is 10.5. The lowest BCUT2D eigenvalue weighted by atomic mass is 10.2. The maximum absolute atomic E-state index is 11.6. The van der Waals surface area contributed by atoms with E-state index >= 15 is 0 Å². The minimum atomic E-state index is 0.0835. The molecule has 0 unspecified atom stereocenters. The van der Waals surface area contributed by atoms with E-state index in [-0.39, 0.29) is 5.91 Å². The molecule has 2 aromatic rings. The van der Waals surface area contributed by atoms with Gasteiger partial charge in [-0.1, -0.05) is 0 Å². The first-order valence-electron chi connectivity index (χ1n) is 5.73. The fraction of sp³-hybridized carbons (Fsp3) is 0.333. The Morgan fingerprint density at radius 3 is 3.00 bits per heavy atom. The van der Waals surface area contributed by atoms with Crippen molar-refractivity contribution in [2.75, 3.05) is 0 Å². The fourth-order valence-corrected chi connectivity index (χ4v) is 3.10. The first-order valence-corrected chi connectivity index (χ1v) is 7.34. The molecule has 0 aliphatic heterocycles. The lowest BCUT2D eigenvalue weighted by molar-refractivity contribution is -0.121. The van der Waals surface area contributed by atoms with Crippen molar-refractivity contribution in [1.29, 1.82) is 0 Å². The summed E-state index contributed by atoms with van der Waals surface area (Å²) in [5, 5.41) is 9.49. The maximum Gasteiger partial charge on any atom is 0.220 e. The Balaban J connectivity index is 1.63. The number of aromatic nitrogens is 2. The van der Waals surface area contributed by atoms with Gasteiger partial charge in [-0.15, -0.1) is 11.3 Å². The Kier molecular flexibility index (Phi) is 4.95. The number of nitrogens with zero attached hydrogens (tertiary/aromatic N) is 1. The Morgan fingerprint density at radius 2 is 2.33 bits per heavy atom. The molecule has 0 spiro atoms. The van der Waals surface area contributed by atoms with Crippen molar-refractivity contribution in [3.8, 4) is 0 Å². The SMILES string of the molecule is O=C(CCCc1ccc(Br)s1)NCc1ccn[nH]1. The van der Waals surface area contributed by atoms with E-state index in [1.54, 1.807) is 17.5 Å². The third-order valence-corrected chi connectivity index (χ3v) is 4.17. The van der Waals surface area contributed by atoms with E-state index in [0.717, 1.165) is 22.3 Å². The van der Waals surface area contributed by atoms with Crippen LogP contribution >= 0.6 is 27.3 Å². The Morgan fingerprint density at radius 1 is 1.44 bits per heavy atom. The van der Waals surface area contributed by atoms with Crippen molar-refractivity contribution in [3.05, 3.63) is 38.8 Å². The zero-order valence-electron chi connectivity index (χ0n) is 9.78. The summed E-state index contributed by atoms with van der Waals surface area (Å²) >= 11 is 5.15. The quantitative estimate of drug-likeness (QED) is 0.857. The van der Waals surface area contributed by atoms with Crippen molar-refractivity contribution in [3.63, 3.8) is 0 Å². The van der Waals surface area contributed by atoms with E-state index < -0.39 is 0 Å². The number of aryl methyl sites for hydroxylation is 1. The summed E-state index contributed by atoms with van der Waals surface area (Å²) in [6.07, 6.45) is 4.06. The number of carbonyl (C=O) groups excluding carboxylic acids is 1. The van der Waals surface area contributed by atoms with Crippen molar-refractivity contribution >= 4 is 33.2 Å². The van der Waals surface area contributed by atoms with Gasteiger partial charge in [-0.25, -0.2) is 0 Å². The molecule has 0 bridgehead atoms. The van der Waals surface area contributed by atoms with Gasteiger partial charge in [-0.3, -0.25) is 9.89 Å². The topological polar surface area (TPSA) is 57.8 Å². The highest BCUT2D eigenvalue weighted by molar-refractivity contribution is 9.11. The molecule has 2 N–H and O–H groups in total. The average molecular weight is 328 g/mol. The number of halogens is 1. The van der Waals surface area contributed by atoms with Crippen LogP contribution in [0.15, 0.2) is 28.2 Å². The highest BCUT2D eigenvalue weighted by Crippen LogP contribution is 2.23. The standard InChI is InChI=1S/C12H14BrN3OS/c13-11-5-4-10(18-11)2-1-3-12(17)14-8-9-6-7-15-16-9/h4-7H,1-3,8H2,(H,14,17)(H,15,16). The predicted molar refractivity (Wildman–Crippen MR) is 75.4 cm³/mol. The van der Waals surface area contributed by atoms with Crippen LogP contribution in [0.3, 0.4) is 0 Å². The largest absolute Gasteiger partial charge is 0.350 e. The van der Waals surface area contributed by atoms with Gasteiger partial charge < -0.3 is 5.32 Å². The van der Waals surface area contributed by atoms with Gasteiger partial charge in [0.1, 0.15) is 0 Å². The van der Waals surface area contributed by atoms with E-state index in [2.05, 4.69) is 37.5 Å². The van der Waals surface area contributed by atoms with Crippen LogP contribution < -0.4 is 5.32 Å². The summed E-state index contributed by atoms with van der Waals surface area (Å²) in [7, 11) is 0. The molecule has 6 heteroatoms. The molecule has 0 fully saturated rings. The summed E-state index contributed by atoms with van der Waals surface area (Å²) in [5.41, 5.74) is 0.922. The Labute approximate surface area is 118 Å². The number of H-pyrrole nitrogens is 1. The van der Waals surface area contributed by atoms with E-state index in [1.807, 2.05) is 12.1 Å². The first-order chi connectivity index (χ1) is 8.74. The lowest BCUT2D eigenvalue weighted by Gasteiger charge is -2.02. The monoisotopic (exact) mass is 327 g/mol. The number of hydrogen-bond acceptors (Lipinski definition) is 3. The third kappa shape index (κ3) is 4.27. The van der Waals surface area contributed by atoms with Gasteiger partial charge >= 0.3 is 0 Å². The first kappa shape index (κ1) is 13.3. The van der Waals surface area contributed by atoms with Gasteiger partial charge in [0, 0.05) is 17.5 Å². The summed E-state index contributed by atoms with van der Waals surface area (Å²) in [6.45, 7) is 0.517. The molecule has 0 saturated heterocycles. The van der Waals surface area contributed by atoms with E-state index in [1.165, 1.54) is 4.88 Å². The predicted octanol–water partition coefficient (Wildman–Crippen LogP) is 2.87. The molecule has 18 heavy (non-hydrogen) atoms. The number of nitrogens with one attached hydrogen (secondary N) is 2. The van der Waals surface area contributed by atoms with E-state index in [4.69, 9.17) is 0 Å². The van der Waals surface area contributed by atoms with Crippen LogP contribution in [0.5, 0.6) is 0 Å². The molecule has 1 amide bonds. The van der Waals surface area contributed by atoms with E-state index in [9.17, 15) is 4.79 Å². The number of hydrogen-bond donors (Lipinski definition) is 2. The molecular formula is C12H14BrN3OS. The number of amides is 1. The van der Waals surface area contributed by atoms with Crippen LogP contribution in [-0.2, 0) is 17.8 Å². The van der Waals surface area contributed by atoms with Gasteiger partial charge in [0.05, 0.1) is 16.0 Å². The van der Waals surface area contributed by atoms with Crippen LogP contribution in [0.4, 0.5) is 0 Å². The van der Waals surface area contributed by atoms with Gasteiger partial charge in [0.2, 0.25) is 5.91 Å². The molecule has 2 aromatic heterocycles. The number of aromatic amines is 1. The zero-order chi connectivity index (χ0) is 12.8. The van der Waals surface area contributed by atoms with Gasteiger partial charge in [-0.2, -0.15) is 5.10 Å². The molecule has 96 valence electrons. The Hall–Kier alpha value is -1.14. The van der Waals surface area contributed by atoms with Crippen molar-refractivity contribution < 1.29 is 4.79 Å². The highest BCUT2D eigenvalue weighted by atomic mass is 79.9. The molecular weight excluding hydrogens is 314 g/mol. The van der Waals surface area contributed by atoms with Gasteiger partial charge in [0.25, 0.3) is 0 Å². The minimum Gasteiger partial charge on any atom is -0.350 e. The summed E-state index contributed by atoms with van der Waals surface area (Å²) in [4.78, 5) is 12.9. The average Bonchev–Trinajstić information content (AvgIpc) is 2.98. The second kappa shape index (κ2) is 6.70. The minimum absolute atomic E-state index is 0.0835. The van der Waals surface area contributed by atoms with Crippen molar-refractivity contribution in [2.24, 2.45) is 0 Å². The number of thiophene rings is 1. The second-order valence-corrected chi connectivity index (χ2v) is 6.47. The van der Waals surface area contributed by atoms with Crippen LogP contribution in [-0.4, -0.2) is 16.1 Å². The molecule has 2 heterocycles. The zero-order valence-corrected chi connectivity index (χ0v) is 12.2. The van der Waals surface area contributed by atoms with Crippen LogP contribution in [0, 0.1) is 0 Å². The molecule has 0 aliphatic carbocycles. The molecule has 0 radical (unpaired) electrons. The highest BCUT2D eigenvalue weighted by Gasteiger charge is 2.03. The van der Waals surface area contributed by atoms with E-state index in [0.29, 0.717) is 13.0 Å². The summed E-state index contributed by atoms with van der Waals surface area (Å²) in [6, 6.07) is 5.99. The molecule has 0 saturated carbocycles.